The van der Waals surface area contributed by atoms with Gasteiger partial charge in [-0.3, -0.25) is 19.4 Å². The highest BCUT2D eigenvalue weighted by Crippen LogP contribution is 2.41. The fourth-order valence-electron chi connectivity index (χ4n) is 6.81. The zero-order chi connectivity index (χ0) is 29.6. The molecule has 0 radical (unpaired) electrons. The molecule has 1 aromatic carbocycles. The molecule has 2 heterocycles. The topological polar surface area (TPSA) is 68.3 Å². The Morgan fingerprint density at radius 1 is 0.718 bits per heavy atom. The average molecular weight is 545 g/mol. The molecule has 2 aliphatic rings. The molecule has 2 fully saturated rings. The van der Waals surface area contributed by atoms with Gasteiger partial charge in [0.15, 0.2) is 5.92 Å². The number of hydrogen-bond acceptors (Lipinski definition) is 7. The van der Waals surface area contributed by atoms with Crippen LogP contribution in [0.1, 0.15) is 99.5 Å². The predicted octanol–water partition coefficient (Wildman–Crippen LogP) is 5.80. The van der Waals surface area contributed by atoms with E-state index in [1.54, 1.807) is 7.11 Å². The van der Waals surface area contributed by atoms with Gasteiger partial charge in [-0.05, 0) is 87.2 Å². The third-order valence-electron chi connectivity index (χ3n) is 9.76. The van der Waals surface area contributed by atoms with Crippen LogP contribution in [0, 0.1) is 5.92 Å². The number of benzene rings is 1. The van der Waals surface area contributed by atoms with Gasteiger partial charge < -0.3 is 14.2 Å². The van der Waals surface area contributed by atoms with Crippen LogP contribution in [0.25, 0.3) is 0 Å². The van der Waals surface area contributed by atoms with Gasteiger partial charge in [0.1, 0.15) is 18.0 Å². The van der Waals surface area contributed by atoms with E-state index in [1.165, 1.54) is 0 Å². The molecule has 1 unspecified atom stereocenters. The molecule has 0 amide bonds. The fourth-order valence-corrected chi connectivity index (χ4v) is 6.81. The van der Waals surface area contributed by atoms with Gasteiger partial charge in [-0.25, -0.2) is 0 Å². The monoisotopic (exact) mass is 544 g/mol. The number of methoxy groups -OCH3 is 1. The summed E-state index contributed by atoms with van der Waals surface area (Å²) in [4.78, 5) is 32.4. The van der Waals surface area contributed by atoms with Crippen molar-refractivity contribution in [2.24, 2.45) is 5.92 Å². The number of hydrogen-bond donors (Lipinski definition) is 0. The highest BCUT2D eigenvalue weighted by atomic mass is 16.6. The van der Waals surface area contributed by atoms with Gasteiger partial charge in [-0.15, -0.1) is 0 Å². The largest absolute Gasteiger partial charge is 0.497 e. The molecule has 0 bridgehead atoms. The van der Waals surface area contributed by atoms with Gasteiger partial charge in [0.05, 0.1) is 7.11 Å². The second-order valence-electron chi connectivity index (χ2n) is 14.3. The van der Waals surface area contributed by atoms with Gasteiger partial charge in [-0.2, -0.15) is 0 Å². The first-order chi connectivity index (χ1) is 17.8. The van der Waals surface area contributed by atoms with Crippen LogP contribution < -0.4 is 4.74 Å². The molecular weight excluding hydrogens is 492 g/mol. The van der Waals surface area contributed by atoms with Crippen molar-refractivity contribution in [2.45, 2.75) is 128 Å². The maximum atomic E-state index is 13.9. The van der Waals surface area contributed by atoms with Gasteiger partial charge in [-0.1, -0.05) is 19.1 Å². The van der Waals surface area contributed by atoms with Crippen LogP contribution >= 0.6 is 0 Å². The zero-order valence-corrected chi connectivity index (χ0v) is 26.4. The highest BCUT2D eigenvalue weighted by molar-refractivity contribution is 5.96. The number of piperidine rings is 2. The standard InChI is InChI=1S/C32H52N2O5/c1-21(22-13-15-23(37-12)16-14-22)26(27(35)38-24-17-29(2,3)33(10)30(4,5)18-24)28(36)39-25-19-31(6,7)34(11)32(8,9)20-25/h13-16,21,24-26H,17-20H2,1-12H3. The maximum Gasteiger partial charge on any atom is 0.321 e. The summed E-state index contributed by atoms with van der Waals surface area (Å²) in [7, 11) is 5.86. The van der Waals surface area contributed by atoms with Crippen molar-refractivity contribution in [1.29, 1.82) is 0 Å². The van der Waals surface area contributed by atoms with Crippen LogP contribution in [-0.4, -0.2) is 77.3 Å². The van der Waals surface area contributed by atoms with E-state index in [1.807, 2.05) is 31.2 Å². The molecule has 7 nitrogen and oxygen atoms in total. The molecule has 3 rings (SSSR count). The minimum absolute atomic E-state index is 0.143. The van der Waals surface area contributed by atoms with E-state index in [4.69, 9.17) is 14.2 Å². The SMILES string of the molecule is COc1ccc(C(C)C(C(=O)OC2CC(C)(C)N(C)C(C)(C)C2)C(=O)OC2CC(C)(C)N(C)C(C)(C)C2)cc1. The Bertz CT molecular complexity index is 937. The number of esters is 2. The van der Waals surface area contributed by atoms with E-state index in [-0.39, 0.29) is 34.4 Å². The van der Waals surface area contributed by atoms with Crippen molar-refractivity contribution in [3.8, 4) is 5.75 Å². The Hall–Kier alpha value is -2.12. The van der Waals surface area contributed by atoms with E-state index in [9.17, 15) is 9.59 Å². The minimum Gasteiger partial charge on any atom is -0.497 e. The number of ether oxygens (including phenoxy) is 3. The van der Waals surface area contributed by atoms with E-state index in [2.05, 4.69) is 79.3 Å². The highest BCUT2D eigenvalue weighted by Gasteiger charge is 2.48. The summed E-state index contributed by atoms with van der Waals surface area (Å²) >= 11 is 0. The van der Waals surface area contributed by atoms with Crippen LogP contribution in [0.5, 0.6) is 5.75 Å². The lowest BCUT2D eigenvalue weighted by Crippen LogP contribution is -2.61. The summed E-state index contributed by atoms with van der Waals surface area (Å²) in [5.41, 5.74) is 0.291. The van der Waals surface area contributed by atoms with Crippen LogP contribution in [0.3, 0.4) is 0 Å². The van der Waals surface area contributed by atoms with Crippen molar-refractivity contribution in [3.05, 3.63) is 29.8 Å². The predicted molar refractivity (Wildman–Crippen MR) is 155 cm³/mol. The Morgan fingerprint density at radius 3 is 1.36 bits per heavy atom. The third kappa shape index (κ3) is 6.79. The second-order valence-corrected chi connectivity index (χ2v) is 14.3. The molecule has 220 valence electrons. The van der Waals surface area contributed by atoms with Gasteiger partial charge in [0.25, 0.3) is 0 Å². The molecule has 7 heteroatoms. The minimum atomic E-state index is -1.06. The molecule has 1 aromatic rings. The van der Waals surface area contributed by atoms with Gasteiger partial charge in [0.2, 0.25) is 0 Å². The Balaban J connectivity index is 1.87. The number of nitrogens with zero attached hydrogens (tertiary/aromatic N) is 2. The summed E-state index contributed by atoms with van der Waals surface area (Å²) in [6.07, 6.45) is 2.25. The van der Waals surface area contributed by atoms with Crippen molar-refractivity contribution in [1.82, 2.24) is 9.80 Å². The fraction of sp³-hybridized carbons (Fsp3) is 0.750. The van der Waals surface area contributed by atoms with Gasteiger partial charge in [0, 0.05) is 53.8 Å². The summed E-state index contributed by atoms with van der Waals surface area (Å²) < 4.78 is 17.7. The van der Waals surface area contributed by atoms with Crippen LogP contribution in [0.15, 0.2) is 24.3 Å². The molecule has 2 aliphatic heterocycles. The molecule has 39 heavy (non-hydrogen) atoms. The number of likely N-dealkylation sites (tertiary alicyclic amines) is 2. The first-order valence-electron chi connectivity index (χ1n) is 14.3. The number of carbonyl (C=O) groups excluding carboxylic acids is 2. The number of rotatable bonds is 7. The van der Waals surface area contributed by atoms with Crippen LogP contribution in [0.2, 0.25) is 0 Å². The normalized spacial score (nSPS) is 24.2. The Morgan fingerprint density at radius 2 is 1.05 bits per heavy atom. The van der Waals surface area contributed by atoms with E-state index in [0.717, 1.165) is 11.3 Å². The molecule has 0 aromatic heterocycles. The Kier molecular flexibility index (Phi) is 8.89. The molecule has 1 atom stereocenters. The smallest absolute Gasteiger partial charge is 0.321 e. The lowest BCUT2D eigenvalue weighted by Gasteiger charge is -2.53. The summed E-state index contributed by atoms with van der Waals surface area (Å²) in [5, 5.41) is 0. The average Bonchev–Trinajstić information content (AvgIpc) is 2.80. The third-order valence-corrected chi connectivity index (χ3v) is 9.76. The summed E-state index contributed by atoms with van der Waals surface area (Å²) in [5.74, 6) is -1.77. The van der Waals surface area contributed by atoms with Crippen molar-refractivity contribution < 1.29 is 23.8 Å². The summed E-state index contributed by atoms with van der Waals surface area (Å²) in [6.45, 7) is 19.3. The lowest BCUT2D eigenvalue weighted by molar-refractivity contribution is -0.178. The van der Waals surface area contributed by atoms with Crippen molar-refractivity contribution in [3.63, 3.8) is 0 Å². The first-order valence-corrected chi connectivity index (χ1v) is 14.3. The zero-order valence-electron chi connectivity index (χ0n) is 26.4. The molecule has 0 spiro atoms. The van der Waals surface area contributed by atoms with Gasteiger partial charge >= 0.3 is 11.9 Å². The van der Waals surface area contributed by atoms with E-state index < -0.39 is 23.8 Å². The number of carbonyl (C=O) groups is 2. The van der Waals surface area contributed by atoms with Crippen LogP contribution in [-0.2, 0) is 19.1 Å². The van der Waals surface area contributed by atoms with Crippen molar-refractivity contribution in [2.75, 3.05) is 21.2 Å². The lowest BCUT2D eigenvalue weighted by atomic mass is 9.78. The quantitative estimate of drug-likeness (QED) is 0.317. The summed E-state index contributed by atoms with van der Waals surface area (Å²) in [6, 6.07) is 7.51. The Labute approximate surface area is 236 Å². The van der Waals surface area contributed by atoms with E-state index in [0.29, 0.717) is 25.7 Å². The maximum absolute atomic E-state index is 13.9. The first kappa shape index (κ1) is 31.4. The van der Waals surface area contributed by atoms with Crippen molar-refractivity contribution >= 4 is 11.9 Å². The molecule has 0 N–H and O–H groups in total. The van der Waals surface area contributed by atoms with Crippen LogP contribution in [0.4, 0.5) is 0 Å². The molecule has 0 saturated carbocycles. The molecular formula is C32H52N2O5. The molecule has 0 aliphatic carbocycles. The second kappa shape index (κ2) is 11.0. The molecule has 2 saturated heterocycles. The van der Waals surface area contributed by atoms with E-state index >= 15 is 0 Å².